The SMILES string of the molecule is CCc1nnc(NCc2nccn2C)nc1CC. The molecule has 0 unspecified atom stereocenters. The van der Waals surface area contributed by atoms with Crippen molar-refractivity contribution in [3.05, 3.63) is 29.6 Å². The molecule has 0 bridgehead atoms. The molecular formula is C12H18N6. The lowest BCUT2D eigenvalue weighted by Gasteiger charge is -2.07. The zero-order chi connectivity index (χ0) is 13.0. The topological polar surface area (TPSA) is 68.5 Å². The largest absolute Gasteiger partial charge is 0.346 e. The van der Waals surface area contributed by atoms with Crippen LogP contribution in [0.1, 0.15) is 31.1 Å². The zero-order valence-corrected chi connectivity index (χ0v) is 11.0. The molecule has 0 saturated carbocycles. The first-order valence-electron chi connectivity index (χ1n) is 6.17. The highest BCUT2D eigenvalue weighted by Gasteiger charge is 2.06. The van der Waals surface area contributed by atoms with E-state index in [1.807, 2.05) is 17.8 Å². The Balaban J connectivity index is 2.08. The third-order valence-corrected chi connectivity index (χ3v) is 2.83. The maximum Gasteiger partial charge on any atom is 0.243 e. The first-order chi connectivity index (χ1) is 8.74. The van der Waals surface area contributed by atoms with Crippen molar-refractivity contribution in [1.29, 1.82) is 0 Å². The Morgan fingerprint density at radius 3 is 2.56 bits per heavy atom. The van der Waals surface area contributed by atoms with Gasteiger partial charge in [-0.2, -0.15) is 5.10 Å². The molecule has 2 aromatic heterocycles. The number of hydrogen-bond donors (Lipinski definition) is 1. The Kier molecular flexibility index (Phi) is 3.86. The first-order valence-corrected chi connectivity index (χ1v) is 6.17. The van der Waals surface area contributed by atoms with Crippen molar-refractivity contribution in [3.8, 4) is 0 Å². The second kappa shape index (κ2) is 5.57. The van der Waals surface area contributed by atoms with Crippen molar-refractivity contribution in [2.45, 2.75) is 33.2 Å². The number of aryl methyl sites for hydroxylation is 3. The summed E-state index contributed by atoms with van der Waals surface area (Å²) < 4.78 is 1.96. The first kappa shape index (κ1) is 12.5. The van der Waals surface area contributed by atoms with Crippen LogP contribution in [0.25, 0.3) is 0 Å². The summed E-state index contributed by atoms with van der Waals surface area (Å²) in [4.78, 5) is 8.70. The number of anilines is 1. The van der Waals surface area contributed by atoms with Gasteiger partial charge in [0.2, 0.25) is 5.95 Å². The second-order valence-electron chi connectivity index (χ2n) is 4.04. The number of imidazole rings is 1. The van der Waals surface area contributed by atoms with Crippen LogP contribution in [0, 0.1) is 0 Å². The van der Waals surface area contributed by atoms with E-state index in [0.29, 0.717) is 12.5 Å². The smallest absolute Gasteiger partial charge is 0.243 e. The van der Waals surface area contributed by atoms with E-state index in [9.17, 15) is 0 Å². The third-order valence-electron chi connectivity index (χ3n) is 2.83. The van der Waals surface area contributed by atoms with Gasteiger partial charge in [-0.15, -0.1) is 5.10 Å². The molecule has 0 radical (unpaired) electrons. The molecule has 0 aliphatic heterocycles. The number of rotatable bonds is 5. The van der Waals surface area contributed by atoms with Gasteiger partial charge in [-0.05, 0) is 12.8 Å². The molecule has 96 valence electrons. The molecule has 0 fully saturated rings. The van der Waals surface area contributed by atoms with E-state index in [4.69, 9.17) is 0 Å². The van der Waals surface area contributed by atoms with Gasteiger partial charge in [0.1, 0.15) is 5.82 Å². The van der Waals surface area contributed by atoms with E-state index in [1.54, 1.807) is 6.20 Å². The molecular weight excluding hydrogens is 228 g/mol. The molecule has 0 saturated heterocycles. The lowest BCUT2D eigenvalue weighted by molar-refractivity contribution is 0.786. The van der Waals surface area contributed by atoms with Crippen LogP contribution < -0.4 is 5.32 Å². The predicted octanol–water partition coefficient (Wildman–Crippen LogP) is 1.34. The average molecular weight is 246 g/mol. The van der Waals surface area contributed by atoms with E-state index in [0.717, 1.165) is 30.1 Å². The maximum atomic E-state index is 4.47. The Labute approximate surface area is 106 Å². The Bertz CT molecular complexity index is 519. The van der Waals surface area contributed by atoms with Crippen molar-refractivity contribution in [1.82, 2.24) is 24.7 Å². The predicted molar refractivity (Wildman–Crippen MR) is 69.1 cm³/mol. The fourth-order valence-electron chi connectivity index (χ4n) is 1.74. The minimum Gasteiger partial charge on any atom is -0.346 e. The Hall–Kier alpha value is -1.98. The van der Waals surface area contributed by atoms with Crippen LogP contribution >= 0.6 is 0 Å². The maximum absolute atomic E-state index is 4.47. The van der Waals surface area contributed by atoms with Crippen molar-refractivity contribution >= 4 is 5.95 Å². The molecule has 2 aromatic rings. The Morgan fingerprint density at radius 2 is 1.94 bits per heavy atom. The summed E-state index contributed by atoms with van der Waals surface area (Å²) in [7, 11) is 1.96. The molecule has 0 aliphatic rings. The zero-order valence-electron chi connectivity index (χ0n) is 11.0. The summed E-state index contributed by atoms with van der Waals surface area (Å²) in [5.74, 6) is 1.50. The van der Waals surface area contributed by atoms with E-state index < -0.39 is 0 Å². The Morgan fingerprint density at radius 1 is 1.17 bits per heavy atom. The van der Waals surface area contributed by atoms with Gasteiger partial charge in [0.15, 0.2) is 0 Å². The van der Waals surface area contributed by atoms with Gasteiger partial charge in [0.05, 0.1) is 17.9 Å². The standard InChI is InChI=1S/C12H18N6/c1-4-9-10(5-2)16-17-12(15-9)14-8-11-13-6-7-18(11)3/h6-7H,4-5,8H2,1-3H3,(H,14,15,17). The van der Waals surface area contributed by atoms with Crippen molar-refractivity contribution < 1.29 is 0 Å². The summed E-state index contributed by atoms with van der Waals surface area (Å²) in [6.45, 7) is 4.73. The van der Waals surface area contributed by atoms with E-state index in [-0.39, 0.29) is 0 Å². The minimum atomic E-state index is 0.562. The van der Waals surface area contributed by atoms with Gasteiger partial charge in [0.25, 0.3) is 0 Å². The van der Waals surface area contributed by atoms with Crippen LogP contribution in [0.5, 0.6) is 0 Å². The molecule has 0 atom stereocenters. The number of hydrogen-bond acceptors (Lipinski definition) is 5. The van der Waals surface area contributed by atoms with Crippen molar-refractivity contribution in [2.24, 2.45) is 7.05 Å². The molecule has 0 spiro atoms. The molecule has 18 heavy (non-hydrogen) atoms. The van der Waals surface area contributed by atoms with Gasteiger partial charge >= 0.3 is 0 Å². The molecule has 1 N–H and O–H groups in total. The van der Waals surface area contributed by atoms with E-state index in [2.05, 4.69) is 39.3 Å². The van der Waals surface area contributed by atoms with Crippen LogP contribution in [0.2, 0.25) is 0 Å². The highest BCUT2D eigenvalue weighted by molar-refractivity contribution is 5.26. The number of aromatic nitrogens is 5. The van der Waals surface area contributed by atoms with Gasteiger partial charge in [0, 0.05) is 19.4 Å². The minimum absolute atomic E-state index is 0.562. The fourth-order valence-corrected chi connectivity index (χ4v) is 1.74. The summed E-state index contributed by atoms with van der Waals surface area (Å²) in [5, 5.41) is 11.4. The van der Waals surface area contributed by atoms with Crippen LogP contribution in [0.15, 0.2) is 12.4 Å². The molecule has 6 nitrogen and oxygen atoms in total. The summed E-state index contributed by atoms with van der Waals surface area (Å²) in [6, 6.07) is 0. The molecule has 0 aromatic carbocycles. The van der Waals surface area contributed by atoms with Crippen molar-refractivity contribution in [2.75, 3.05) is 5.32 Å². The van der Waals surface area contributed by atoms with E-state index >= 15 is 0 Å². The molecule has 2 heterocycles. The van der Waals surface area contributed by atoms with Crippen LogP contribution in [0.4, 0.5) is 5.95 Å². The lowest BCUT2D eigenvalue weighted by Crippen LogP contribution is -2.11. The highest BCUT2D eigenvalue weighted by atomic mass is 15.2. The van der Waals surface area contributed by atoms with Gasteiger partial charge < -0.3 is 9.88 Å². The molecule has 0 amide bonds. The van der Waals surface area contributed by atoms with Crippen LogP contribution in [-0.2, 0) is 26.4 Å². The summed E-state index contributed by atoms with van der Waals surface area (Å²) in [6.07, 6.45) is 5.42. The van der Waals surface area contributed by atoms with E-state index in [1.165, 1.54) is 0 Å². The lowest BCUT2D eigenvalue weighted by atomic mass is 10.2. The third kappa shape index (κ3) is 2.64. The molecule has 0 aliphatic carbocycles. The van der Waals surface area contributed by atoms with Gasteiger partial charge in [-0.25, -0.2) is 9.97 Å². The van der Waals surface area contributed by atoms with Crippen LogP contribution in [-0.4, -0.2) is 24.7 Å². The molecule has 2 rings (SSSR count). The summed E-state index contributed by atoms with van der Waals surface area (Å²) >= 11 is 0. The number of nitrogens with zero attached hydrogens (tertiary/aromatic N) is 5. The fraction of sp³-hybridized carbons (Fsp3) is 0.500. The average Bonchev–Trinajstić information content (AvgIpc) is 2.81. The molecule has 6 heteroatoms. The summed E-state index contributed by atoms with van der Waals surface area (Å²) in [5.41, 5.74) is 1.98. The van der Waals surface area contributed by atoms with Crippen molar-refractivity contribution in [3.63, 3.8) is 0 Å². The van der Waals surface area contributed by atoms with Gasteiger partial charge in [-0.3, -0.25) is 0 Å². The normalized spacial score (nSPS) is 10.6. The second-order valence-corrected chi connectivity index (χ2v) is 4.04. The highest BCUT2D eigenvalue weighted by Crippen LogP contribution is 2.07. The van der Waals surface area contributed by atoms with Gasteiger partial charge in [-0.1, -0.05) is 13.8 Å². The van der Waals surface area contributed by atoms with Crippen LogP contribution in [0.3, 0.4) is 0 Å². The quantitative estimate of drug-likeness (QED) is 0.862. The monoisotopic (exact) mass is 246 g/mol. The number of nitrogens with one attached hydrogen (secondary N) is 1.